The molecule has 104 valence electrons. The molecule has 0 aromatic carbocycles. The summed E-state index contributed by atoms with van der Waals surface area (Å²) in [6.07, 6.45) is 7.31. The van der Waals surface area contributed by atoms with E-state index in [1.807, 2.05) is 0 Å². The van der Waals surface area contributed by atoms with Crippen molar-refractivity contribution in [1.29, 1.82) is 0 Å². The van der Waals surface area contributed by atoms with Crippen LogP contribution >= 0.6 is 11.3 Å². The van der Waals surface area contributed by atoms with E-state index >= 15 is 0 Å². The first-order chi connectivity index (χ1) is 9.20. The zero-order valence-electron chi connectivity index (χ0n) is 11.7. The Bertz CT molecular complexity index is 559. The highest BCUT2D eigenvalue weighted by molar-refractivity contribution is 7.15. The molecule has 3 rings (SSSR count). The monoisotopic (exact) mass is 278 g/mol. The molecule has 4 nitrogen and oxygen atoms in total. The summed E-state index contributed by atoms with van der Waals surface area (Å²) >= 11 is 1.67. The summed E-state index contributed by atoms with van der Waals surface area (Å²) in [5.41, 5.74) is 7.07. The fourth-order valence-electron chi connectivity index (χ4n) is 3.22. The lowest BCUT2D eigenvalue weighted by atomic mass is 9.86. The molecule has 5 heteroatoms. The number of nitrogens with two attached hydrogens (primary N) is 1. The lowest BCUT2D eigenvalue weighted by molar-refractivity contribution is 0.335. The second kappa shape index (κ2) is 5.13. The minimum absolute atomic E-state index is 0.542. The highest BCUT2D eigenvalue weighted by atomic mass is 32.1. The summed E-state index contributed by atoms with van der Waals surface area (Å²) in [4.78, 5) is 8.18. The van der Waals surface area contributed by atoms with Gasteiger partial charge in [-0.25, -0.2) is 4.98 Å². The van der Waals surface area contributed by atoms with Crippen LogP contribution < -0.4 is 10.6 Å². The lowest BCUT2D eigenvalue weighted by Gasteiger charge is -2.34. The molecule has 1 saturated carbocycles. The first-order valence-electron chi connectivity index (χ1n) is 7.08. The maximum Gasteiger partial charge on any atom is 0.195 e. The van der Waals surface area contributed by atoms with Gasteiger partial charge in [-0.3, -0.25) is 4.40 Å². The molecule has 2 aromatic rings. The highest BCUT2D eigenvalue weighted by Gasteiger charge is 2.26. The largest absolute Gasteiger partial charge is 0.355 e. The zero-order chi connectivity index (χ0) is 13.4. The Balaban J connectivity index is 1.91. The van der Waals surface area contributed by atoms with E-state index in [2.05, 4.69) is 34.8 Å². The number of aromatic nitrogens is 2. The van der Waals surface area contributed by atoms with Crippen molar-refractivity contribution in [2.75, 3.05) is 11.9 Å². The summed E-state index contributed by atoms with van der Waals surface area (Å²) in [6.45, 7) is 2.90. The molecule has 1 fully saturated rings. The van der Waals surface area contributed by atoms with Gasteiger partial charge < -0.3 is 10.6 Å². The van der Waals surface area contributed by atoms with Crippen LogP contribution in [0.3, 0.4) is 0 Å². The van der Waals surface area contributed by atoms with Crippen LogP contribution in [0.2, 0.25) is 0 Å². The quantitative estimate of drug-likeness (QED) is 0.939. The van der Waals surface area contributed by atoms with Crippen molar-refractivity contribution in [2.45, 2.75) is 45.2 Å². The van der Waals surface area contributed by atoms with Gasteiger partial charge in [0.05, 0.1) is 5.69 Å². The van der Waals surface area contributed by atoms with Gasteiger partial charge in [0.2, 0.25) is 0 Å². The van der Waals surface area contributed by atoms with Crippen LogP contribution in [-0.4, -0.2) is 22.5 Å². The molecule has 2 unspecified atom stereocenters. The van der Waals surface area contributed by atoms with Gasteiger partial charge in [-0.05, 0) is 18.8 Å². The second-order valence-electron chi connectivity index (χ2n) is 5.68. The first-order valence-corrected chi connectivity index (χ1v) is 7.96. The molecular weight excluding hydrogens is 256 g/mol. The van der Waals surface area contributed by atoms with E-state index in [1.165, 1.54) is 25.7 Å². The van der Waals surface area contributed by atoms with E-state index < -0.39 is 0 Å². The first kappa shape index (κ1) is 12.9. The molecule has 2 aromatic heterocycles. The number of anilines is 1. The van der Waals surface area contributed by atoms with Gasteiger partial charge >= 0.3 is 0 Å². The summed E-state index contributed by atoms with van der Waals surface area (Å²) in [5.74, 6) is 1.90. The zero-order valence-corrected chi connectivity index (χ0v) is 12.5. The predicted molar refractivity (Wildman–Crippen MR) is 80.8 cm³/mol. The molecule has 2 heterocycles. The Morgan fingerprint density at radius 3 is 3.11 bits per heavy atom. The number of hydrogen-bond donors (Lipinski definition) is 1. The Kier molecular flexibility index (Phi) is 3.50. The van der Waals surface area contributed by atoms with E-state index in [-0.39, 0.29) is 0 Å². The van der Waals surface area contributed by atoms with Crippen LogP contribution in [0.5, 0.6) is 0 Å². The van der Waals surface area contributed by atoms with E-state index in [9.17, 15) is 0 Å². The van der Waals surface area contributed by atoms with Crippen molar-refractivity contribution in [2.24, 2.45) is 11.7 Å². The van der Waals surface area contributed by atoms with Gasteiger partial charge in [0, 0.05) is 31.2 Å². The van der Waals surface area contributed by atoms with E-state index in [4.69, 9.17) is 10.7 Å². The predicted octanol–water partition coefficient (Wildman–Crippen LogP) is 2.87. The fourth-order valence-corrected chi connectivity index (χ4v) is 3.95. The SMILES string of the molecule is CC1CCCC(N(C)c2nc3sccn3c2CN)C1. The average molecular weight is 278 g/mol. The third-order valence-electron chi connectivity index (χ3n) is 4.32. The van der Waals surface area contributed by atoms with Crippen LogP contribution in [0.1, 0.15) is 38.3 Å². The summed E-state index contributed by atoms with van der Waals surface area (Å²) < 4.78 is 2.13. The standard InChI is InChI=1S/C14H22N4S/c1-10-4-3-5-11(8-10)17(2)13-12(9-15)18-6-7-19-14(18)16-13/h6-7,10-11H,3-5,8-9,15H2,1-2H3. The van der Waals surface area contributed by atoms with Gasteiger partial charge in [0.1, 0.15) is 0 Å². The molecule has 2 atom stereocenters. The van der Waals surface area contributed by atoms with Gasteiger partial charge in [0.25, 0.3) is 0 Å². The van der Waals surface area contributed by atoms with Crippen LogP contribution in [0.4, 0.5) is 5.82 Å². The van der Waals surface area contributed by atoms with Crippen molar-refractivity contribution in [3.05, 3.63) is 17.3 Å². The smallest absolute Gasteiger partial charge is 0.195 e. The minimum Gasteiger partial charge on any atom is -0.355 e. The van der Waals surface area contributed by atoms with Crippen molar-refractivity contribution in [3.8, 4) is 0 Å². The summed E-state index contributed by atoms with van der Waals surface area (Å²) in [7, 11) is 2.17. The highest BCUT2D eigenvalue weighted by Crippen LogP contribution is 2.31. The number of rotatable bonds is 3. The van der Waals surface area contributed by atoms with Crippen molar-refractivity contribution >= 4 is 22.1 Å². The number of nitrogens with zero attached hydrogens (tertiary/aromatic N) is 3. The molecule has 0 aliphatic heterocycles. The Labute approximate surface area is 118 Å². The molecule has 2 N–H and O–H groups in total. The van der Waals surface area contributed by atoms with Gasteiger partial charge in [0.15, 0.2) is 10.8 Å². The maximum atomic E-state index is 5.93. The molecule has 0 radical (unpaired) electrons. The van der Waals surface area contributed by atoms with Crippen LogP contribution in [0.25, 0.3) is 4.96 Å². The average Bonchev–Trinajstić information content (AvgIpc) is 2.97. The number of fused-ring (bicyclic) bond motifs is 1. The summed E-state index contributed by atoms with van der Waals surface area (Å²) in [5, 5.41) is 2.06. The number of hydrogen-bond acceptors (Lipinski definition) is 4. The second-order valence-corrected chi connectivity index (χ2v) is 6.55. The van der Waals surface area contributed by atoms with Gasteiger partial charge in [-0.2, -0.15) is 0 Å². The molecule has 0 spiro atoms. The Morgan fingerprint density at radius 2 is 2.37 bits per heavy atom. The van der Waals surface area contributed by atoms with Crippen LogP contribution in [0.15, 0.2) is 11.6 Å². The number of imidazole rings is 1. The van der Waals surface area contributed by atoms with Crippen molar-refractivity contribution in [3.63, 3.8) is 0 Å². The molecule has 0 bridgehead atoms. The lowest BCUT2D eigenvalue weighted by Crippen LogP contribution is -2.36. The van der Waals surface area contributed by atoms with Gasteiger partial charge in [-0.15, -0.1) is 11.3 Å². The fraction of sp³-hybridized carbons (Fsp3) is 0.643. The maximum absolute atomic E-state index is 5.93. The Morgan fingerprint density at radius 1 is 1.53 bits per heavy atom. The minimum atomic E-state index is 0.542. The Hall–Kier alpha value is -1.07. The van der Waals surface area contributed by atoms with E-state index in [0.717, 1.165) is 22.4 Å². The molecular formula is C14H22N4S. The number of thiazole rings is 1. The molecule has 1 aliphatic rings. The van der Waals surface area contributed by atoms with Gasteiger partial charge in [-0.1, -0.05) is 19.8 Å². The normalized spacial score (nSPS) is 23.9. The molecule has 0 amide bonds. The third kappa shape index (κ3) is 2.25. The van der Waals surface area contributed by atoms with E-state index in [1.54, 1.807) is 11.3 Å². The topological polar surface area (TPSA) is 46.6 Å². The van der Waals surface area contributed by atoms with Crippen molar-refractivity contribution in [1.82, 2.24) is 9.38 Å². The van der Waals surface area contributed by atoms with E-state index in [0.29, 0.717) is 12.6 Å². The molecule has 0 saturated heterocycles. The summed E-state index contributed by atoms with van der Waals surface area (Å²) in [6, 6.07) is 0.610. The molecule has 1 aliphatic carbocycles. The van der Waals surface area contributed by atoms with Crippen LogP contribution in [-0.2, 0) is 6.54 Å². The van der Waals surface area contributed by atoms with Crippen molar-refractivity contribution < 1.29 is 0 Å². The molecule has 19 heavy (non-hydrogen) atoms. The third-order valence-corrected chi connectivity index (χ3v) is 5.08. The van der Waals surface area contributed by atoms with Crippen LogP contribution in [0, 0.1) is 5.92 Å².